The van der Waals surface area contributed by atoms with Crippen molar-refractivity contribution in [2.24, 2.45) is 5.10 Å². The van der Waals surface area contributed by atoms with Gasteiger partial charge in [0.1, 0.15) is 23.9 Å². The maximum atomic E-state index is 12.4. The van der Waals surface area contributed by atoms with Crippen LogP contribution in [0.15, 0.2) is 82.3 Å². The fourth-order valence-electron chi connectivity index (χ4n) is 3.71. The van der Waals surface area contributed by atoms with Crippen LogP contribution >= 0.6 is 0 Å². The van der Waals surface area contributed by atoms with E-state index in [0.717, 1.165) is 17.7 Å². The van der Waals surface area contributed by atoms with E-state index in [1.807, 2.05) is 55.5 Å². The molecule has 0 spiro atoms. The number of ether oxygens (including phenoxy) is 2. The zero-order valence-corrected chi connectivity index (χ0v) is 21.0. The molecular weight excluding hydrogens is 454 g/mol. The lowest BCUT2D eigenvalue weighted by Gasteiger charge is -2.14. The summed E-state index contributed by atoms with van der Waals surface area (Å²) in [6.45, 7) is 8.43. The molecule has 0 aliphatic carbocycles. The van der Waals surface area contributed by atoms with Crippen molar-refractivity contribution in [1.82, 2.24) is 9.99 Å². The Morgan fingerprint density at radius 1 is 1.03 bits per heavy atom. The number of furan rings is 1. The predicted molar refractivity (Wildman–Crippen MR) is 140 cm³/mol. The van der Waals surface area contributed by atoms with Crippen LogP contribution in [0.4, 0.5) is 0 Å². The molecule has 4 rings (SSSR count). The van der Waals surface area contributed by atoms with Gasteiger partial charge in [-0.3, -0.25) is 4.79 Å². The summed E-state index contributed by atoms with van der Waals surface area (Å²) in [5.41, 5.74) is 6.70. The van der Waals surface area contributed by atoms with Crippen molar-refractivity contribution in [3.05, 3.63) is 101 Å². The van der Waals surface area contributed by atoms with Gasteiger partial charge < -0.3 is 18.5 Å². The third-order valence-corrected chi connectivity index (χ3v) is 5.82. The number of hydrogen-bond donors (Lipinski definition) is 1. The van der Waals surface area contributed by atoms with Crippen LogP contribution in [0.1, 0.15) is 53.5 Å². The number of aromatic nitrogens is 1. The third kappa shape index (κ3) is 6.05. The standard InChI is InChI=1S/C29H31N3O4/c1-5-22(4)35-27-9-7-6-8-23(27)18-30-31-29(33)28-17-16-26(36-28)19-34-25-14-12-24(13-15-25)32-20(2)10-11-21(32)3/h6-18,22H,5,19H2,1-4H3,(H,31,33). The number of hydrazone groups is 1. The summed E-state index contributed by atoms with van der Waals surface area (Å²) in [6, 6.07) is 22.9. The van der Waals surface area contributed by atoms with Gasteiger partial charge in [0.25, 0.3) is 0 Å². The zero-order chi connectivity index (χ0) is 25.5. The van der Waals surface area contributed by atoms with Gasteiger partial charge >= 0.3 is 5.91 Å². The maximum absolute atomic E-state index is 12.4. The highest BCUT2D eigenvalue weighted by Crippen LogP contribution is 2.21. The highest BCUT2D eigenvalue weighted by Gasteiger charge is 2.12. The van der Waals surface area contributed by atoms with Gasteiger partial charge in [0.15, 0.2) is 5.76 Å². The number of benzene rings is 2. The number of para-hydroxylation sites is 1. The van der Waals surface area contributed by atoms with E-state index in [1.165, 1.54) is 11.4 Å². The van der Waals surface area contributed by atoms with Gasteiger partial charge in [-0.15, -0.1) is 0 Å². The molecule has 0 aliphatic rings. The largest absolute Gasteiger partial charge is 0.490 e. The monoisotopic (exact) mass is 485 g/mol. The van der Waals surface area contributed by atoms with Crippen LogP contribution in [0.3, 0.4) is 0 Å². The van der Waals surface area contributed by atoms with Gasteiger partial charge in [-0.1, -0.05) is 19.1 Å². The fourth-order valence-corrected chi connectivity index (χ4v) is 3.71. The van der Waals surface area contributed by atoms with Crippen molar-refractivity contribution in [2.75, 3.05) is 0 Å². The van der Waals surface area contributed by atoms with Gasteiger partial charge in [-0.05, 0) is 87.9 Å². The molecular formula is C29H31N3O4. The van der Waals surface area contributed by atoms with Crippen LogP contribution in [0, 0.1) is 13.8 Å². The highest BCUT2D eigenvalue weighted by molar-refractivity contribution is 5.92. The smallest absolute Gasteiger partial charge is 0.307 e. The Balaban J connectivity index is 1.31. The lowest BCUT2D eigenvalue weighted by atomic mass is 10.2. The summed E-state index contributed by atoms with van der Waals surface area (Å²) in [5, 5.41) is 4.06. The molecule has 36 heavy (non-hydrogen) atoms. The molecule has 186 valence electrons. The van der Waals surface area contributed by atoms with Crippen LogP contribution in [0.2, 0.25) is 0 Å². The minimum Gasteiger partial charge on any atom is -0.490 e. The normalized spacial score (nSPS) is 12.0. The van der Waals surface area contributed by atoms with Crippen molar-refractivity contribution >= 4 is 12.1 Å². The topological polar surface area (TPSA) is 78.0 Å². The molecule has 2 heterocycles. The first-order valence-electron chi connectivity index (χ1n) is 12.0. The van der Waals surface area contributed by atoms with Crippen molar-refractivity contribution in [1.29, 1.82) is 0 Å². The lowest BCUT2D eigenvalue weighted by Crippen LogP contribution is -2.17. The van der Waals surface area contributed by atoms with E-state index in [4.69, 9.17) is 13.9 Å². The minimum atomic E-state index is -0.445. The number of nitrogens with zero attached hydrogens (tertiary/aromatic N) is 2. The SMILES string of the molecule is CCC(C)Oc1ccccc1C=NNC(=O)c1ccc(COc2ccc(-n3c(C)ccc3C)cc2)o1. The van der Waals surface area contributed by atoms with Crippen LogP contribution < -0.4 is 14.9 Å². The number of rotatable bonds is 10. The molecule has 0 saturated heterocycles. The number of carbonyl (C=O) groups is 1. The summed E-state index contributed by atoms with van der Waals surface area (Å²) >= 11 is 0. The predicted octanol–water partition coefficient (Wildman–Crippen LogP) is 6.21. The van der Waals surface area contributed by atoms with Crippen LogP contribution in [0.5, 0.6) is 11.5 Å². The molecule has 2 aromatic carbocycles. The summed E-state index contributed by atoms with van der Waals surface area (Å²) in [7, 11) is 0. The van der Waals surface area contributed by atoms with E-state index < -0.39 is 5.91 Å². The summed E-state index contributed by atoms with van der Waals surface area (Å²) in [5.74, 6) is 1.68. The third-order valence-electron chi connectivity index (χ3n) is 5.82. The molecule has 1 unspecified atom stereocenters. The second-order valence-corrected chi connectivity index (χ2v) is 8.57. The van der Waals surface area contributed by atoms with Crippen LogP contribution in [-0.4, -0.2) is 22.8 Å². The Labute approximate surface area is 211 Å². The second-order valence-electron chi connectivity index (χ2n) is 8.57. The first-order chi connectivity index (χ1) is 17.4. The average molecular weight is 486 g/mol. The first kappa shape index (κ1) is 24.9. The van der Waals surface area contributed by atoms with Gasteiger partial charge in [0.2, 0.25) is 0 Å². The maximum Gasteiger partial charge on any atom is 0.307 e. The van der Waals surface area contributed by atoms with Gasteiger partial charge in [-0.2, -0.15) is 5.10 Å². The molecule has 4 aromatic rings. The second kappa shape index (κ2) is 11.4. The molecule has 0 bridgehead atoms. The van der Waals surface area contributed by atoms with Gasteiger partial charge in [0.05, 0.1) is 12.3 Å². The molecule has 0 radical (unpaired) electrons. The van der Waals surface area contributed by atoms with Crippen molar-refractivity contribution < 1.29 is 18.7 Å². The summed E-state index contributed by atoms with van der Waals surface area (Å²) in [4.78, 5) is 12.4. The van der Waals surface area contributed by atoms with Crippen LogP contribution in [-0.2, 0) is 6.61 Å². The van der Waals surface area contributed by atoms with E-state index in [2.05, 4.69) is 48.0 Å². The van der Waals surface area contributed by atoms with Crippen molar-refractivity contribution in [2.45, 2.75) is 46.8 Å². The summed E-state index contributed by atoms with van der Waals surface area (Å²) in [6.07, 6.45) is 2.54. The quantitative estimate of drug-likeness (QED) is 0.214. The van der Waals surface area contributed by atoms with Gasteiger partial charge in [-0.25, -0.2) is 5.43 Å². The Hall–Kier alpha value is -4.26. The summed E-state index contributed by atoms with van der Waals surface area (Å²) < 4.78 is 19.6. The number of hydrogen-bond acceptors (Lipinski definition) is 5. The lowest BCUT2D eigenvalue weighted by molar-refractivity contribution is 0.0923. The van der Waals surface area contributed by atoms with E-state index in [0.29, 0.717) is 17.3 Å². The minimum absolute atomic E-state index is 0.0867. The molecule has 0 fully saturated rings. The van der Waals surface area contributed by atoms with Gasteiger partial charge in [0, 0.05) is 22.6 Å². The number of carbonyl (C=O) groups excluding carboxylic acids is 1. The Bertz CT molecular complexity index is 1320. The van der Waals surface area contributed by atoms with Crippen molar-refractivity contribution in [3.8, 4) is 17.2 Å². The number of nitrogens with one attached hydrogen (secondary N) is 1. The fraction of sp³-hybridized carbons (Fsp3) is 0.241. The molecule has 7 nitrogen and oxygen atoms in total. The first-order valence-corrected chi connectivity index (χ1v) is 12.0. The molecule has 1 N–H and O–H groups in total. The number of amides is 1. The average Bonchev–Trinajstić information content (AvgIpc) is 3.50. The van der Waals surface area contributed by atoms with E-state index >= 15 is 0 Å². The molecule has 7 heteroatoms. The molecule has 0 aliphatic heterocycles. The van der Waals surface area contributed by atoms with Crippen molar-refractivity contribution in [3.63, 3.8) is 0 Å². The highest BCUT2D eigenvalue weighted by atomic mass is 16.5. The molecule has 0 saturated carbocycles. The van der Waals surface area contributed by atoms with Crippen LogP contribution in [0.25, 0.3) is 5.69 Å². The zero-order valence-electron chi connectivity index (χ0n) is 21.0. The Kier molecular flexibility index (Phi) is 7.90. The molecule has 1 atom stereocenters. The van der Waals surface area contributed by atoms with E-state index in [1.54, 1.807) is 18.3 Å². The molecule has 1 amide bonds. The number of aryl methyl sites for hydroxylation is 2. The Morgan fingerprint density at radius 3 is 2.47 bits per heavy atom. The molecule has 2 aromatic heterocycles. The van der Waals surface area contributed by atoms with E-state index in [9.17, 15) is 4.79 Å². The van der Waals surface area contributed by atoms with E-state index in [-0.39, 0.29) is 18.5 Å². The Morgan fingerprint density at radius 2 is 1.75 bits per heavy atom.